The van der Waals surface area contributed by atoms with Crippen LogP contribution in [-0.4, -0.2) is 12.1 Å². The van der Waals surface area contributed by atoms with Crippen molar-refractivity contribution < 1.29 is 0 Å². The highest BCUT2D eigenvalue weighted by molar-refractivity contribution is 8.02. The smallest absolute Gasteiger partial charge is 0.144 e. The molecule has 5 heteroatoms. The number of nitrogens with one attached hydrogen (secondary N) is 1. The number of amidine groups is 1. The summed E-state index contributed by atoms with van der Waals surface area (Å²) in [5.74, 6) is 0.254. The molecule has 80 valence electrons. The molecule has 3 N–H and O–H groups in total. The molecule has 1 heterocycles. The summed E-state index contributed by atoms with van der Waals surface area (Å²) in [6, 6.07) is 9.62. The summed E-state index contributed by atoms with van der Waals surface area (Å²) in [6.45, 7) is 0. The maximum atomic E-state index is 9.04. The van der Waals surface area contributed by atoms with Crippen molar-refractivity contribution in [3.05, 3.63) is 34.9 Å². The Morgan fingerprint density at radius 2 is 2.19 bits per heavy atom. The van der Waals surface area contributed by atoms with Gasteiger partial charge in [0.2, 0.25) is 0 Å². The average molecular weight is 230 g/mol. The first-order valence-corrected chi connectivity index (χ1v) is 5.87. The lowest BCUT2D eigenvalue weighted by Crippen LogP contribution is -2.15. The molecule has 0 radical (unpaired) electrons. The number of nitriles is 1. The predicted molar refractivity (Wildman–Crippen MR) is 67.5 cm³/mol. The Hall–Kier alpha value is -1.93. The fourth-order valence-electron chi connectivity index (χ4n) is 1.42. The van der Waals surface area contributed by atoms with E-state index in [9.17, 15) is 0 Å². The Balaban J connectivity index is 2.60. The number of nitrogens with two attached hydrogens (primary N) is 1. The maximum absolute atomic E-state index is 9.04. The van der Waals surface area contributed by atoms with Crippen molar-refractivity contribution >= 4 is 29.0 Å². The zero-order valence-electron chi connectivity index (χ0n) is 8.69. The number of hydrogen-bond donors (Lipinski definition) is 2. The topological polar surface area (TPSA) is 74.2 Å². The number of para-hydroxylation sites is 2. The van der Waals surface area contributed by atoms with Crippen LogP contribution in [0.1, 0.15) is 0 Å². The quantitative estimate of drug-likeness (QED) is 0.775. The summed E-state index contributed by atoms with van der Waals surface area (Å²) >= 11 is 1.44. The average Bonchev–Trinajstić information content (AvgIpc) is 2.44. The van der Waals surface area contributed by atoms with Crippen molar-refractivity contribution in [1.29, 1.82) is 5.26 Å². The van der Waals surface area contributed by atoms with Crippen LogP contribution >= 0.6 is 11.8 Å². The summed E-state index contributed by atoms with van der Waals surface area (Å²) < 4.78 is 0. The number of aliphatic imine (C=N–C) groups is 1. The van der Waals surface area contributed by atoms with Gasteiger partial charge in [0.25, 0.3) is 0 Å². The van der Waals surface area contributed by atoms with Crippen LogP contribution in [0, 0.1) is 11.3 Å². The lowest BCUT2D eigenvalue weighted by atomic mass is 10.3. The molecule has 0 fully saturated rings. The van der Waals surface area contributed by atoms with E-state index in [1.807, 2.05) is 30.5 Å². The van der Waals surface area contributed by atoms with Gasteiger partial charge >= 0.3 is 0 Å². The van der Waals surface area contributed by atoms with Gasteiger partial charge in [-0.15, -0.1) is 11.8 Å². The van der Waals surface area contributed by atoms with Gasteiger partial charge in [-0.1, -0.05) is 12.1 Å². The third-order valence-electron chi connectivity index (χ3n) is 2.19. The summed E-state index contributed by atoms with van der Waals surface area (Å²) in [5.41, 5.74) is 7.79. The van der Waals surface area contributed by atoms with Crippen molar-refractivity contribution in [2.45, 2.75) is 0 Å². The zero-order chi connectivity index (χ0) is 11.5. The summed E-state index contributed by atoms with van der Waals surface area (Å²) in [7, 11) is 0. The van der Waals surface area contributed by atoms with Crippen molar-refractivity contribution in [3.8, 4) is 6.07 Å². The second-order valence-electron chi connectivity index (χ2n) is 3.16. The minimum atomic E-state index is 0.254. The van der Waals surface area contributed by atoms with Gasteiger partial charge in [-0.2, -0.15) is 5.26 Å². The summed E-state index contributed by atoms with van der Waals surface area (Å²) in [4.78, 5) is 4.23. The lowest BCUT2D eigenvalue weighted by molar-refractivity contribution is 1.46. The zero-order valence-corrected chi connectivity index (χ0v) is 9.51. The van der Waals surface area contributed by atoms with E-state index in [0.717, 1.165) is 16.4 Å². The monoisotopic (exact) mass is 230 g/mol. The Morgan fingerprint density at radius 3 is 2.88 bits per heavy atom. The van der Waals surface area contributed by atoms with Gasteiger partial charge in [0.1, 0.15) is 17.5 Å². The molecule has 0 saturated carbocycles. The molecule has 16 heavy (non-hydrogen) atoms. The molecule has 1 aromatic rings. The third-order valence-corrected chi connectivity index (χ3v) is 2.91. The van der Waals surface area contributed by atoms with Crippen LogP contribution in [0.3, 0.4) is 0 Å². The Labute approximate surface area is 97.9 Å². The summed E-state index contributed by atoms with van der Waals surface area (Å²) in [6.07, 6.45) is 1.89. The minimum Gasteiger partial charge on any atom is -0.382 e. The normalized spacial score (nSPS) is 14.4. The number of rotatable bonds is 1. The number of anilines is 1. The van der Waals surface area contributed by atoms with Gasteiger partial charge in [0.05, 0.1) is 16.4 Å². The number of nitrogens with zero attached hydrogens (tertiary/aromatic N) is 2. The van der Waals surface area contributed by atoms with Crippen LogP contribution in [0.15, 0.2) is 39.9 Å². The molecule has 0 aromatic heterocycles. The molecule has 1 aliphatic rings. The maximum Gasteiger partial charge on any atom is 0.144 e. The number of hydrogen-bond acceptors (Lipinski definition) is 5. The standard InChI is InChI=1S/C11H10N4S/c1-16-11-7(6-12)10(13)14-8-4-2-3-5-9(8)15-11/h2-5,15H,1H3,(H2,13,14). The number of thioether (sulfide) groups is 1. The van der Waals surface area contributed by atoms with Crippen molar-refractivity contribution in [2.75, 3.05) is 11.6 Å². The number of fused-ring (bicyclic) bond motifs is 1. The molecular formula is C11H10N4S. The van der Waals surface area contributed by atoms with E-state index >= 15 is 0 Å². The van der Waals surface area contributed by atoms with Crippen molar-refractivity contribution in [1.82, 2.24) is 0 Å². The van der Waals surface area contributed by atoms with Crippen LogP contribution in [0.25, 0.3) is 0 Å². The predicted octanol–water partition coefficient (Wildman–Crippen LogP) is 2.20. The van der Waals surface area contributed by atoms with E-state index in [4.69, 9.17) is 11.0 Å². The fourth-order valence-corrected chi connectivity index (χ4v) is 1.99. The molecule has 0 saturated heterocycles. The van der Waals surface area contributed by atoms with E-state index in [0.29, 0.717) is 5.57 Å². The Morgan fingerprint density at radius 1 is 1.44 bits per heavy atom. The van der Waals surface area contributed by atoms with Crippen LogP contribution in [-0.2, 0) is 0 Å². The van der Waals surface area contributed by atoms with Gasteiger partial charge in [-0.3, -0.25) is 0 Å². The second-order valence-corrected chi connectivity index (χ2v) is 3.98. The largest absolute Gasteiger partial charge is 0.382 e. The van der Waals surface area contributed by atoms with Gasteiger partial charge < -0.3 is 11.1 Å². The first-order valence-electron chi connectivity index (χ1n) is 4.65. The second kappa shape index (κ2) is 4.29. The first kappa shape index (κ1) is 10.6. The Bertz CT molecular complexity index is 525. The molecule has 0 aliphatic carbocycles. The molecular weight excluding hydrogens is 220 g/mol. The molecule has 2 rings (SSSR count). The van der Waals surface area contributed by atoms with Crippen LogP contribution in [0.2, 0.25) is 0 Å². The van der Waals surface area contributed by atoms with Gasteiger partial charge in [-0.25, -0.2) is 4.99 Å². The minimum absolute atomic E-state index is 0.254. The molecule has 0 spiro atoms. The van der Waals surface area contributed by atoms with Gasteiger partial charge in [-0.05, 0) is 18.4 Å². The van der Waals surface area contributed by atoms with Crippen LogP contribution in [0.5, 0.6) is 0 Å². The van der Waals surface area contributed by atoms with Crippen LogP contribution in [0.4, 0.5) is 11.4 Å². The van der Waals surface area contributed by atoms with Crippen molar-refractivity contribution in [3.63, 3.8) is 0 Å². The SMILES string of the molecule is CSC1=C(C#N)C(N)=Nc2ccccc2N1. The van der Waals surface area contributed by atoms with E-state index in [2.05, 4.69) is 16.4 Å². The first-order chi connectivity index (χ1) is 7.76. The van der Waals surface area contributed by atoms with E-state index in [-0.39, 0.29) is 5.84 Å². The third kappa shape index (κ3) is 1.75. The van der Waals surface area contributed by atoms with E-state index in [1.165, 1.54) is 11.8 Å². The Kier molecular flexibility index (Phi) is 2.84. The molecule has 0 bridgehead atoms. The number of benzene rings is 1. The highest BCUT2D eigenvalue weighted by Crippen LogP contribution is 2.32. The molecule has 4 nitrogen and oxygen atoms in total. The van der Waals surface area contributed by atoms with Crippen LogP contribution < -0.4 is 11.1 Å². The van der Waals surface area contributed by atoms with Crippen molar-refractivity contribution in [2.24, 2.45) is 10.7 Å². The van der Waals surface area contributed by atoms with E-state index < -0.39 is 0 Å². The molecule has 0 amide bonds. The van der Waals surface area contributed by atoms with Gasteiger partial charge in [0.15, 0.2) is 0 Å². The molecule has 1 aliphatic heterocycles. The highest BCUT2D eigenvalue weighted by Gasteiger charge is 2.16. The highest BCUT2D eigenvalue weighted by atomic mass is 32.2. The molecule has 0 atom stereocenters. The molecule has 0 unspecified atom stereocenters. The lowest BCUT2D eigenvalue weighted by Gasteiger charge is -2.08. The summed E-state index contributed by atoms with van der Waals surface area (Å²) in [5, 5.41) is 12.9. The molecule has 1 aromatic carbocycles. The fraction of sp³-hybridized carbons (Fsp3) is 0.0909. The van der Waals surface area contributed by atoms with Gasteiger partial charge in [0, 0.05) is 0 Å². The van der Waals surface area contributed by atoms with E-state index in [1.54, 1.807) is 0 Å².